The van der Waals surface area contributed by atoms with Crippen molar-refractivity contribution in [3.8, 4) is 0 Å². The first-order valence-corrected chi connectivity index (χ1v) is 5.29. The van der Waals surface area contributed by atoms with E-state index in [0.29, 0.717) is 0 Å². The molecule has 1 aliphatic heterocycles. The van der Waals surface area contributed by atoms with E-state index in [1.165, 1.54) is 14.2 Å². The minimum atomic E-state index is -1.41. The van der Waals surface area contributed by atoms with Gasteiger partial charge in [-0.2, -0.15) is 0 Å². The third-order valence-corrected chi connectivity index (χ3v) is 3.71. The number of esters is 3. The molecule has 0 aromatic heterocycles. The summed E-state index contributed by atoms with van der Waals surface area (Å²) in [5.74, 6) is -2.14. The zero-order chi connectivity index (χ0) is 12.8. The molecule has 0 amide bonds. The largest absolute Gasteiger partial charge is 0.468 e. The SMILES string of the molecule is COC(=O)C1(C(=O)OC)C[C@@H]2C(=O)O[C@]2(C)C1. The number of ether oxygens (including phenoxy) is 3. The quantitative estimate of drug-likeness (QED) is 0.386. The van der Waals surface area contributed by atoms with Crippen molar-refractivity contribution >= 4 is 17.9 Å². The molecule has 2 aliphatic rings. The molecule has 6 heteroatoms. The first kappa shape index (κ1) is 11.9. The maximum atomic E-state index is 11.8. The van der Waals surface area contributed by atoms with Gasteiger partial charge in [-0.15, -0.1) is 0 Å². The van der Waals surface area contributed by atoms with Crippen LogP contribution in [0.25, 0.3) is 0 Å². The van der Waals surface area contributed by atoms with Gasteiger partial charge < -0.3 is 14.2 Å². The van der Waals surface area contributed by atoms with E-state index in [2.05, 4.69) is 9.47 Å². The Morgan fingerprint density at radius 2 is 1.82 bits per heavy atom. The lowest BCUT2D eigenvalue weighted by Crippen LogP contribution is -2.51. The van der Waals surface area contributed by atoms with Crippen LogP contribution in [0.3, 0.4) is 0 Å². The fourth-order valence-corrected chi connectivity index (χ4v) is 2.83. The molecule has 2 fully saturated rings. The fourth-order valence-electron chi connectivity index (χ4n) is 2.83. The highest BCUT2D eigenvalue weighted by molar-refractivity contribution is 6.02. The van der Waals surface area contributed by atoms with E-state index in [1.807, 2.05) is 0 Å². The minimum Gasteiger partial charge on any atom is -0.468 e. The van der Waals surface area contributed by atoms with E-state index in [0.717, 1.165) is 0 Å². The van der Waals surface area contributed by atoms with Crippen molar-refractivity contribution in [3.63, 3.8) is 0 Å². The number of fused-ring (bicyclic) bond motifs is 1. The average Bonchev–Trinajstić information content (AvgIpc) is 2.56. The summed E-state index contributed by atoms with van der Waals surface area (Å²) in [7, 11) is 2.41. The van der Waals surface area contributed by atoms with Crippen molar-refractivity contribution in [1.29, 1.82) is 0 Å². The Balaban J connectivity index is 2.35. The number of hydrogen-bond donors (Lipinski definition) is 0. The molecule has 0 spiro atoms. The molecule has 2 atom stereocenters. The summed E-state index contributed by atoms with van der Waals surface area (Å²) in [6.45, 7) is 1.71. The number of carbonyl (C=O) groups excluding carboxylic acids is 3. The molecule has 0 aromatic rings. The molecule has 0 N–H and O–H groups in total. The highest BCUT2D eigenvalue weighted by atomic mass is 16.6. The first-order chi connectivity index (χ1) is 7.89. The van der Waals surface area contributed by atoms with E-state index in [9.17, 15) is 14.4 Å². The number of carbonyl (C=O) groups is 3. The topological polar surface area (TPSA) is 78.9 Å². The summed E-state index contributed by atoms with van der Waals surface area (Å²) in [5.41, 5.74) is -2.16. The van der Waals surface area contributed by atoms with E-state index in [1.54, 1.807) is 6.92 Å². The van der Waals surface area contributed by atoms with Gasteiger partial charge in [-0.1, -0.05) is 0 Å². The normalized spacial score (nSPS) is 33.1. The molecule has 2 rings (SSSR count). The van der Waals surface area contributed by atoms with E-state index in [4.69, 9.17) is 4.74 Å². The molecular formula is C11H14O6. The predicted molar refractivity (Wildman–Crippen MR) is 53.7 cm³/mol. The van der Waals surface area contributed by atoms with Crippen LogP contribution in [0.5, 0.6) is 0 Å². The van der Waals surface area contributed by atoms with Crippen molar-refractivity contribution in [2.45, 2.75) is 25.4 Å². The van der Waals surface area contributed by atoms with Crippen LogP contribution in [-0.4, -0.2) is 37.7 Å². The van der Waals surface area contributed by atoms with E-state index >= 15 is 0 Å². The predicted octanol–water partition coefficient (Wildman–Crippen LogP) is 0.0443. The van der Waals surface area contributed by atoms with Crippen molar-refractivity contribution in [2.75, 3.05) is 14.2 Å². The Morgan fingerprint density at radius 1 is 1.29 bits per heavy atom. The molecule has 1 heterocycles. The number of methoxy groups -OCH3 is 2. The van der Waals surface area contributed by atoms with Gasteiger partial charge >= 0.3 is 17.9 Å². The summed E-state index contributed by atoms with van der Waals surface area (Å²) < 4.78 is 14.4. The highest BCUT2D eigenvalue weighted by Gasteiger charge is 2.70. The van der Waals surface area contributed by atoms with Crippen LogP contribution < -0.4 is 0 Å². The van der Waals surface area contributed by atoms with Gasteiger partial charge in [0.1, 0.15) is 5.60 Å². The summed E-state index contributed by atoms with van der Waals surface area (Å²) in [4.78, 5) is 34.9. The van der Waals surface area contributed by atoms with Crippen molar-refractivity contribution in [3.05, 3.63) is 0 Å². The minimum absolute atomic E-state index is 0.0989. The lowest BCUT2D eigenvalue weighted by molar-refractivity contribution is -0.202. The van der Waals surface area contributed by atoms with E-state index in [-0.39, 0.29) is 18.8 Å². The third-order valence-electron chi connectivity index (χ3n) is 3.71. The van der Waals surface area contributed by atoms with Crippen LogP contribution in [0.15, 0.2) is 0 Å². The third kappa shape index (κ3) is 1.36. The van der Waals surface area contributed by atoms with E-state index < -0.39 is 28.9 Å². The lowest BCUT2D eigenvalue weighted by atomic mass is 9.84. The molecule has 1 aliphatic carbocycles. The Morgan fingerprint density at radius 3 is 2.18 bits per heavy atom. The monoisotopic (exact) mass is 242 g/mol. The van der Waals surface area contributed by atoms with Gasteiger partial charge in [0.2, 0.25) is 0 Å². The van der Waals surface area contributed by atoms with Crippen LogP contribution in [0.4, 0.5) is 0 Å². The second kappa shape index (κ2) is 3.45. The van der Waals surface area contributed by atoms with Crippen LogP contribution in [-0.2, 0) is 28.6 Å². The zero-order valence-electron chi connectivity index (χ0n) is 9.94. The maximum Gasteiger partial charge on any atom is 0.323 e. The lowest BCUT2D eigenvalue weighted by Gasteiger charge is -2.39. The summed E-state index contributed by atoms with van der Waals surface area (Å²) >= 11 is 0. The maximum absolute atomic E-state index is 11.8. The molecule has 1 saturated carbocycles. The smallest absolute Gasteiger partial charge is 0.323 e. The van der Waals surface area contributed by atoms with Crippen LogP contribution in [0, 0.1) is 11.3 Å². The van der Waals surface area contributed by atoms with Gasteiger partial charge in [0, 0.05) is 6.42 Å². The average molecular weight is 242 g/mol. The Bertz CT molecular complexity index is 385. The Hall–Kier alpha value is -1.59. The Labute approximate surface area is 98.2 Å². The van der Waals surface area contributed by atoms with Gasteiger partial charge in [-0.3, -0.25) is 14.4 Å². The number of rotatable bonds is 2. The van der Waals surface area contributed by atoms with Gasteiger partial charge in [-0.25, -0.2) is 0 Å². The van der Waals surface area contributed by atoms with Crippen molar-refractivity contribution in [2.24, 2.45) is 11.3 Å². The van der Waals surface area contributed by atoms with Crippen LogP contribution in [0.1, 0.15) is 19.8 Å². The van der Waals surface area contributed by atoms with Crippen molar-refractivity contribution in [1.82, 2.24) is 0 Å². The fraction of sp³-hybridized carbons (Fsp3) is 0.727. The zero-order valence-corrected chi connectivity index (χ0v) is 9.94. The van der Waals surface area contributed by atoms with Gasteiger partial charge in [0.25, 0.3) is 0 Å². The molecular weight excluding hydrogens is 228 g/mol. The Kier molecular flexibility index (Phi) is 2.41. The molecule has 0 unspecified atom stereocenters. The second-order valence-electron chi connectivity index (χ2n) is 4.73. The van der Waals surface area contributed by atoms with Gasteiger partial charge in [-0.05, 0) is 13.3 Å². The summed E-state index contributed by atoms with van der Waals surface area (Å²) in [5, 5.41) is 0. The standard InChI is InChI=1S/C11H14O6/c1-10-5-11(8(13)15-2,9(14)16-3)4-6(10)7(12)17-10/h6H,4-5H2,1-3H3/t6-,10-/m1/s1. The molecule has 0 aromatic carbocycles. The van der Waals surface area contributed by atoms with Crippen LogP contribution in [0.2, 0.25) is 0 Å². The van der Waals surface area contributed by atoms with Crippen molar-refractivity contribution < 1.29 is 28.6 Å². The highest BCUT2D eigenvalue weighted by Crippen LogP contribution is 2.56. The summed E-state index contributed by atoms with van der Waals surface area (Å²) in [6.07, 6.45) is 0.220. The second-order valence-corrected chi connectivity index (χ2v) is 4.73. The summed E-state index contributed by atoms with van der Waals surface area (Å²) in [6, 6.07) is 0. The van der Waals surface area contributed by atoms with Gasteiger partial charge in [0.05, 0.1) is 20.1 Å². The molecule has 17 heavy (non-hydrogen) atoms. The molecule has 6 nitrogen and oxygen atoms in total. The van der Waals surface area contributed by atoms with Gasteiger partial charge in [0.15, 0.2) is 5.41 Å². The first-order valence-electron chi connectivity index (χ1n) is 5.29. The molecule has 0 radical (unpaired) electrons. The molecule has 94 valence electrons. The molecule has 1 saturated heterocycles. The van der Waals surface area contributed by atoms with Crippen LogP contribution >= 0.6 is 0 Å². The number of hydrogen-bond acceptors (Lipinski definition) is 6. The molecule has 0 bridgehead atoms.